The number of aryl methyl sites for hydroxylation is 2. The van der Waals surface area contributed by atoms with E-state index in [0.29, 0.717) is 17.7 Å². The SMILES string of the molecule is CCc1cc(C(=O)NCC2(C(=O)O)CCCCC2)sc1C. The smallest absolute Gasteiger partial charge is 0.311 e. The van der Waals surface area contributed by atoms with Crippen molar-refractivity contribution in [1.29, 1.82) is 0 Å². The number of aliphatic carboxylic acids is 1. The van der Waals surface area contributed by atoms with Crippen molar-refractivity contribution in [2.75, 3.05) is 6.54 Å². The van der Waals surface area contributed by atoms with Gasteiger partial charge in [0.15, 0.2) is 0 Å². The first-order valence-electron chi connectivity index (χ1n) is 7.59. The monoisotopic (exact) mass is 309 g/mol. The zero-order valence-electron chi connectivity index (χ0n) is 12.7. The van der Waals surface area contributed by atoms with Gasteiger partial charge in [0, 0.05) is 11.4 Å². The molecular weight excluding hydrogens is 286 g/mol. The van der Waals surface area contributed by atoms with Crippen molar-refractivity contribution < 1.29 is 14.7 Å². The highest BCUT2D eigenvalue weighted by Crippen LogP contribution is 2.36. The number of hydrogen-bond donors (Lipinski definition) is 2. The molecule has 5 heteroatoms. The molecule has 1 aliphatic rings. The summed E-state index contributed by atoms with van der Waals surface area (Å²) >= 11 is 1.48. The molecule has 1 heterocycles. The molecular formula is C16H23NO3S. The van der Waals surface area contributed by atoms with Gasteiger partial charge in [-0.15, -0.1) is 11.3 Å². The lowest BCUT2D eigenvalue weighted by Crippen LogP contribution is -2.44. The van der Waals surface area contributed by atoms with Gasteiger partial charge >= 0.3 is 5.97 Å². The van der Waals surface area contributed by atoms with Gasteiger partial charge in [-0.25, -0.2) is 0 Å². The second kappa shape index (κ2) is 6.60. The largest absolute Gasteiger partial charge is 0.481 e. The van der Waals surface area contributed by atoms with Crippen LogP contribution in [0.2, 0.25) is 0 Å². The zero-order chi connectivity index (χ0) is 15.5. The number of carbonyl (C=O) groups excluding carboxylic acids is 1. The summed E-state index contributed by atoms with van der Waals surface area (Å²) in [6.07, 6.45) is 5.18. The summed E-state index contributed by atoms with van der Waals surface area (Å²) in [6.45, 7) is 4.32. The van der Waals surface area contributed by atoms with Crippen molar-refractivity contribution in [3.05, 3.63) is 21.4 Å². The predicted molar refractivity (Wildman–Crippen MR) is 83.9 cm³/mol. The van der Waals surface area contributed by atoms with Crippen LogP contribution in [0.5, 0.6) is 0 Å². The minimum absolute atomic E-state index is 0.144. The Bertz CT molecular complexity index is 530. The molecule has 4 nitrogen and oxygen atoms in total. The third kappa shape index (κ3) is 3.46. The Morgan fingerprint density at radius 2 is 2.00 bits per heavy atom. The fraction of sp³-hybridized carbons (Fsp3) is 0.625. The van der Waals surface area contributed by atoms with Crippen molar-refractivity contribution >= 4 is 23.2 Å². The molecule has 0 aliphatic heterocycles. The molecule has 0 aromatic carbocycles. The van der Waals surface area contributed by atoms with Gasteiger partial charge in [0.1, 0.15) is 0 Å². The lowest BCUT2D eigenvalue weighted by atomic mass is 9.74. The third-order valence-electron chi connectivity index (χ3n) is 4.48. The molecule has 21 heavy (non-hydrogen) atoms. The van der Waals surface area contributed by atoms with Gasteiger partial charge in [0.05, 0.1) is 10.3 Å². The summed E-state index contributed by atoms with van der Waals surface area (Å²) < 4.78 is 0. The molecule has 1 saturated carbocycles. The topological polar surface area (TPSA) is 66.4 Å². The molecule has 1 aromatic heterocycles. The van der Waals surface area contributed by atoms with Crippen LogP contribution < -0.4 is 5.32 Å². The van der Waals surface area contributed by atoms with Crippen LogP contribution in [0.3, 0.4) is 0 Å². The summed E-state index contributed by atoms with van der Waals surface area (Å²) in [5.74, 6) is -0.923. The van der Waals surface area contributed by atoms with Crippen LogP contribution >= 0.6 is 11.3 Å². The van der Waals surface area contributed by atoms with Gasteiger partial charge < -0.3 is 10.4 Å². The van der Waals surface area contributed by atoms with Gasteiger partial charge in [-0.1, -0.05) is 26.2 Å². The summed E-state index contributed by atoms with van der Waals surface area (Å²) in [6, 6.07) is 1.92. The van der Waals surface area contributed by atoms with E-state index in [1.54, 1.807) is 0 Å². The zero-order valence-corrected chi connectivity index (χ0v) is 13.5. The lowest BCUT2D eigenvalue weighted by Gasteiger charge is -2.33. The third-order valence-corrected chi connectivity index (χ3v) is 5.57. The molecule has 2 N–H and O–H groups in total. The van der Waals surface area contributed by atoms with E-state index in [2.05, 4.69) is 12.2 Å². The number of carboxylic acids is 1. The Morgan fingerprint density at radius 3 is 2.52 bits per heavy atom. The van der Waals surface area contributed by atoms with E-state index in [1.165, 1.54) is 16.9 Å². The minimum Gasteiger partial charge on any atom is -0.481 e. The van der Waals surface area contributed by atoms with Crippen LogP contribution in [-0.4, -0.2) is 23.5 Å². The molecule has 116 valence electrons. The van der Waals surface area contributed by atoms with Crippen molar-refractivity contribution in [3.8, 4) is 0 Å². The molecule has 2 rings (SSSR count). The first-order valence-corrected chi connectivity index (χ1v) is 8.41. The first kappa shape index (κ1) is 16.0. The lowest BCUT2D eigenvalue weighted by molar-refractivity contribution is -0.150. The molecule has 0 saturated heterocycles. The van der Waals surface area contributed by atoms with Gasteiger partial charge in [0.2, 0.25) is 0 Å². The van der Waals surface area contributed by atoms with E-state index in [1.807, 2.05) is 13.0 Å². The van der Waals surface area contributed by atoms with E-state index < -0.39 is 11.4 Å². The Kier molecular flexibility index (Phi) is 5.04. The molecule has 1 fully saturated rings. The van der Waals surface area contributed by atoms with Gasteiger partial charge in [-0.2, -0.15) is 0 Å². The Balaban J connectivity index is 2.03. The molecule has 1 aromatic rings. The average Bonchev–Trinajstić information content (AvgIpc) is 2.86. The Hall–Kier alpha value is -1.36. The molecule has 0 radical (unpaired) electrons. The fourth-order valence-electron chi connectivity index (χ4n) is 3.01. The van der Waals surface area contributed by atoms with Crippen LogP contribution in [0.15, 0.2) is 6.07 Å². The van der Waals surface area contributed by atoms with Crippen molar-refractivity contribution in [2.24, 2.45) is 5.41 Å². The number of hydrogen-bond acceptors (Lipinski definition) is 3. The predicted octanol–water partition coefficient (Wildman–Crippen LogP) is 3.38. The first-order chi connectivity index (χ1) is 9.98. The second-order valence-electron chi connectivity index (χ2n) is 5.87. The average molecular weight is 309 g/mol. The number of carboxylic acid groups (broad SMARTS) is 1. The van der Waals surface area contributed by atoms with Gasteiger partial charge in [0.25, 0.3) is 5.91 Å². The molecule has 0 bridgehead atoms. The summed E-state index contributed by atoms with van der Waals surface area (Å²) in [5, 5.41) is 12.4. The standard InChI is InChI=1S/C16H23NO3S/c1-3-12-9-13(21-11(12)2)14(18)17-10-16(15(19)20)7-5-4-6-8-16/h9H,3-8,10H2,1-2H3,(H,17,18)(H,19,20). The normalized spacial score (nSPS) is 17.4. The van der Waals surface area contributed by atoms with Gasteiger partial charge in [-0.3, -0.25) is 9.59 Å². The van der Waals surface area contributed by atoms with Crippen LogP contribution in [0.25, 0.3) is 0 Å². The molecule has 1 amide bonds. The van der Waals surface area contributed by atoms with Gasteiger partial charge in [-0.05, 0) is 37.8 Å². The summed E-state index contributed by atoms with van der Waals surface area (Å²) in [5.41, 5.74) is 0.420. The highest BCUT2D eigenvalue weighted by atomic mass is 32.1. The van der Waals surface area contributed by atoms with E-state index in [-0.39, 0.29) is 12.5 Å². The molecule has 1 aliphatic carbocycles. The van der Waals surface area contributed by atoms with Crippen LogP contribution in [0, 0.1) is 12.3 Å². The number of rotatable bonds is 5. The Labute approximate surface area is 129 Å². The highest BCUT2D eigenvalue weighted by molar-refractivity contribution is 7.14. The molecule has 0 atom stereocenters. The van der Waals surface area contributed by atoms with E-state index in [9.17, 15) is 14.7 Å². The maximum atomic E-state index is 12.2. The molecule has 0 spiro atoms. The summed E-state index contributed by atoms with van der Waals surface area (Å²) in [7, 11) is 0. The van der Waals surface area contributed by atoms with Crippen molar-refractivity contribution in [3.63, 3.8) is 0 Å². The second-order valence-corrected chi connectivity index (χ2v) is 7.13. The fourth-order valence-corrected chi connectivity index (χ4v) is 4.04. The number of nitrogens with one attached hydrogen (secondary N) is 1. The highest BCUT2D eigenvalue weighted by Gasteiger charge is 2.39. The van der Waals surface area contributed by atoms with Crippen molar-refractivity contribution in [2.45, 2.75) is 52.4 Å². The number of thiophene rings is 1. The number of amides is 1. The van der Waals surface area contributed by atoms with E-state index in [0.717, 1.165) is 30.6 Å². The number of carbonyl (C=O) groups is 2. The summed E-state index contributed by atoms with van der Waals surface area (Å²) in [4.78, 5) is 25.7. The maximum Gasteiger partial charge on any atom is 0.311 e. The maximum absolute atomic E-state index is 12.2. The van der Waals surface area contributed by atoms with Crippen LogP contribution in [0.4, 0.5) is 0 Å². The van der Waals surface area contributed by atoms with Crippen molar-refractivity contribution in [1.82, 2.24) is 5.32 Å². The van der Waals surface area contributed by atoms with Crippen LogP contribution in [-0.2, 0) is 11.2 Å². The quantitative estimate of drug-likeness (QED) is 0.876. The molecule has 0 unspecified atom stereocenters. The van der Waals surface area contributed by atoms with E-state index >= 15 is 0 Å². The van der Waals surface area contributed by atoms with E-state index in [4.69, 9.17) is 0 Å². The van der Waals surface area contributed by atoms with Crippen LogP contribution in [0.1, 0.15) is 59.1 Å². The Morgan fingerprint density at radius 1 is 1.33 bits per heavy atom. The minimum atomic E-state index is -0.779.